The molecular weight excluding hydrogens is 378 g/mol. The molecule has 1 atom stereocenters. The summed E-state index contributed by atoms with van der Waals surface area (Å²) in [4.78, 5) is 17.8. The molecule has 25 heavy (non-hydrogen) atoms. The quantitative estimate of drug-likeness (QED) is 0.803. The minimum absolute atomic E-state index is 0. The normalized spacial score (nSPS) is 17.0. The zero-order valence-corrected chi connectivity index (χ0v) is 16.7. The lowest BCUT2D eigenvalue weighted by molar-refractivity contribution is -0.117. The third-order valence-corrected chi connectivity index (χ3v) is 5.75. The fourth-order valence-electron chi connectivity index (χ4n) is 2.50. The summed E-state index contributed by atoms with van der Waals surface area (Å²) in [5.74, 6) is 0.0112. The van der Waals surface area contributed by atoms with Crippen molar-refractivity contribution in [1.29, 1.82) is 0 Å². The van der Waals surface area contributed by atoms with Crippen molar-refractivity contribution in [2.45, 2.75) is 35.5 Å². The maximum atomic E-state index is 12.2. The summed E-state index contributed by atoms with van der Waals surface area (Å²) >= 11 is 3.29. The van der Waals surface area contributed by atoms with Crippen molar-refractivity contribution in [3.8, 4) is 0 Å². The molecule has 0 radical (unpaired) electrons. The van der Waals surface area contributed by atoms with Crippen LogP contribution in [0.2, 0.25) is 0 Å². The van der Waals surface area contributed by atoms with Crippen LogP contribution in [0.25, 0.3) is 0 Å². The van der Waals surface area contributed by atoms with Gasteiger partial charge in [0.05, 0.1) is 13.2 Å². The zero-order chi connectivity index (χ0) is 16.9. The molecular formula is C17H22ClN3O2S2. The smallest absolute Gasteiger partial charge is 0.226 e. The molecule has 1 aromatic carbocycles. The second-order valence-electron chi connectivity index (χ2n) is 5.81. The van der Waals surface area contributed by atoms with E-state index in [1.165, 1.54) is 0 Å². The first-order valence-corrected chi connectivity index (χ1v) is 9.61. The van der Waals surface area contributed by atoms with E-state index >= 15 is 0 Å². The number of nitrogens with one attached hydrogen (secondary N) is 2. The van der Waals surface area contributed by atoms with E-state index in [4.69, 9.17) is 4.74 Å². The van der Waals surface area contributed by atoms with Crippen molar-refractivity contribution in [2.24, 2.45) is 0 Å². The number of hydrogen-bond donors (Lipinski definition) is 2. The molecule has 1 fully saturated rings. The van der Waals surface area contributed by atoms with E-state index in [1.807, 2.05) is 31.4 Å². The van der Waals surface area contributed by atoms with Crippen LogP contribution in [0.4, 0.5) is 5.69 Å². The molecule has 3 rings (SSSR count). The molecule has 136 valence electrons. The minimum Gasteiger partial charge on any atom is -0.378 e. The molecule has 1 saturated heterocycles. The van der Waals surface area contributed by atoms with Crippen LogP contribution in [-0.4, -0.2) is 36.7 Å². The van der Waals surface area contributed by atoms with E-state index < -0.39 is 0 Å². The molecule has 0 saturated carbocycles. The lowest BCUT2D eigenvalue weighted by Gasteiger charge is -2.23. The van der Waals surface area contributed by atoms with Gasteiger partial charge in [0.1, 0.15) is 0 Å². The molecule has 0 bridgehead atoms. The van der Waals surface area contributed by atoms with Gasteiger partial charge in [-0.25, -0.2) is 4.98 Å². The molecule has 1 aliphatic heterocycles. The summed E-state index contributed by atoms with van der Waals surface area (Å²) in [5.41, 5.74) is 2.95. The van der Waals surface area contributed by atoms with Gasteiger partial charge in [-0.15, -0.1) is 23.7 Å². The molecule has 1 aliphatic rings. The van der Waals surface area contributed by atoms with Gasteiger partial charge in [0.2, 0.25) is 5.91 Å². The van der Waals surface area contributed by atoms with Crippen LogP contribution in [0.1, 0.15) is 17.7 Å². The van der Waals surface area contributed by atoms with Gasteiger partial charge < -0.3 is 15.4 Å². The largest absolute Gasteiger partial charge is 0.378 e. The van der Waals surface area contributed by atoms with E-state index in [1.54, 1.807) is 23.1 Å². The molecule has 2 aromatic rings. The number of carbonyl (C=O) groups is 1. The van der Waals surface area contributed by atoms with Crippen LogP contribution in [-0.2, 0) is 9.53 Å². The number of halogens is 1. The fourth-order valence-corrected chi connectivity index (χ4v) is 4.41. The van der Waals surface area contributed by atoms with Crippen LogP contribution in [0.3, 0.4) is 0 Å². The Morgan fingerprint density at radius 2 is 2.32 bits per heavy atom. The summed E-state index contributed by atoms with van der Waals surface area (Å²) in [6, 6.07) is 6.16. The fraction of sp³-hybridized carbons (Fsp3) is 0.412. The van der Waals surface area contributed by atoms with Gasteiger partial charge in [-0.2, -0.15) is 0 Å². The maximum Gasteiger partial charge on any atom is 0.226 e. The van der Waals surface area contributed by atoms with Crippen LogP contribution >= 0.6 is 35.5 Å². The predicted molar refractivity (Wildman–Crippen MR) is 105 cm³/mol. The van der Waals surface area contributed by atoms with Crippen molar-refractivity contribution < 1.29 is 9.53 Å². The van der Waals surface area contributed by atoms with Crippen molar-refractivity contribution in [1.82, 2.24) is 10.3 Å². The first kappa shape index (κ1) is 20.2. The minimum atomic E-state index is 0. The number of amides is 1. The van der Waals surface area contributed by atoms with Crippen LogP contribution in [0.15, 0.2) is 32.8 Å². The highest BCUT2D eigenvalue weighted by molar-refractivity contribution is 8.01. The number of rotatable bonds is 5. The highest BCUT2D eigenvalue weighted by Crippen LogP contribution is 2.32. The van der Waals surface area contributed by atoms with Crippen LogP contribution in [0, 0.1) is 13.8 Å². The number of anilines is 1. The van der Waals surface area contributed by atoms with E-state index in [2.05, 4.69) is 21.7 Å². The first-order valence-electron chi connectivity index (χ1n) is 7.92. The summed E-state index contributed by atoms with van der Waals surface area (Å²) in [7, 11) is 0. The Hall–Kier alpha value is -1.12. The van der Waals surface area contributed by atoms with Gasteiger partial charge in [-0.1, -0.05) is 11.8 Å². The third kappa shape index (κ3) is 5.97. The number of aryl methyl sites for hydroxylation is 2. The van der Waals surface area contributed by atoms with Gasteiger partial charge >= 0.3 is 0 Å². The molecule has 1 amide bonds. The number of carbonyl (C=O) groups excluding carboxylic acids is 1. The monoisotopic (exact) mass is 399 g/mol. The van der Waals surface area contributed by atoms with Gasteiger partial charge in [-0.05, 0) is 37.6 Å². The average Bonchev–Trinajstić information content (AvgIpc) is 2.96. The van der Waals surface area contributed by atoms with Crippen molar-refractivity contribution in [3.63, 3.8) is 0 Å². The Labute approximate surface area is 162 Å². The van der Waals surface area contributed by atoms with Gasteiger partial charge in [0.15, 0.2) is 4.34 Å². The number of nitrogens with zero attached hydrogens (tertiary/aromatic N) is 1. The molecule has 1 unspecified atom stereocenters. The highest BCUT2D eigenvalue weighted by atomic mass is 35.5. The van der Waals surface area contributed by atoms with Gasteiger partial charge in [0, 0.05) is 40.7 Å². The SMILES string of the molecule is Cc1csc(Sc2ccc(NC(=O)CC3COCCN3)c(C)c2)n1.Cl. The Morgan fingerprint density at radius 3 is 2.96 bits per heavy atom. The van der Waals surface area contributed by atoms with E-state index in [0.29, 0.717) is 13.0 Å². The molecule has 2 heterocycles. The van der Waals surface area contributed by atoms with Gasteiger partial charge in [0.25, 0.3) is 0 Å². The number of ether oxygens (including phenoxy) is 1. The number of thiazole rings is 1. The summed E-state index contributed by atoms with van der Waals surface area (Å²) in [6.07, 6.45) is 0.425. The van der Waals surface area contributed by atoms with Crippen molar-refractivity contribution in [2.75, 3.05) is 25.1 Å². The topological polar surface area (TPSA) is 63.2 Å². The number of aromatic nitrogens is 1. The van der Waals surface area contributed by atoms with E-state index in [0.717, 1.165) is 39.3 Å². The Balaban J connectivity index is 0.00000225. The summed E-state index contributed by atoms with van der Waals surface area (Å²) < 4.78 is 6.42. The average molecular weight is 400 g/mol. The first-order chi connectivity index (χ1) is 11.6. The lowest BCUT2D eigenvalue weighted by Crippen LogP contribution is -2.43. The predicted octanol–water partition coefficient (Wildman–Crippen LogP) is 3.65. The van der Waals surface area contributed by atoms with Gasteiger partial charge in [-0.3, -0.25) is 4.79 Å². The second-order valence-corrected chi connectivity index (χ2v) is 7.99. The lowest BCUT2D eigenvalue weighted by atomic mass is 10.1. The number of hydrogen-bond acceptors (Lipinski definition) is 6. The Morgan fingerprint density at radius 1 is 1.48 bits per heavy atom. The Bertz CT molecular complexity index is 718. The summed E-state index contributed by atoms with van der Waals surface area (Å²) in [6.45, 7) is 6.12. The molecule has 2 N–H and O–H groups in total. The van der Waals surface area contributed by atoms with E-state index in [9.17, 15) is 4.79 Å². The number of benzene rings is 1. The van der Waals surface area contributed by atoms with Crippen LogP contribution in [0.5, 0.6) is 0 Å². The highest BCUT2D eigenvalue weighted by Gasteiger charge is 2.17. The third-order valence-electron chi connectivity index (χ3n) is 3.71. The molecule has 5 nitrogen and oxygen atoms in total. The van der Waals surface area contributed by atoms with E-state index in [-0.39, 0.29) is 24.4 Å². The maximum absolute atomic E-state index is 12.2. The van der Waals surface area contributed by atoms with Crippen molar-refractivity contribution >= 4 is 47.1 Å². The number of morpholine rings is 1. The summed E-state index contributed by atoms with van der Waals surface area (Å²) in [5, 5.41) is 8.34. The molecule has 8 heteroatoms. The molecule has 1 aromatic heterocycles. The Kier molecular flexibility index (Phi) is 7.71. The second kappa shape index (κ2) is 9.54. The van der Waals surface area contributed by atoms with Crippen LogP contribution < -0.4 is 10.6 Å². The molecule has 0 aliphatic carbocycles. The molecule has 0 spiro atoms. The van der Waals surface area contributed by atoms with Crippen molar-refractivity contribution in [3.05, 3.63) is 34.8 Å². The standard InChI is InChI=1S/C17H21N3O2S2.ClH/c1-11-7-14(24-17-19-12(2)10-23-17)3-4-15(11)20-16(21)8-13-9-22-6-5-18-13;/h3-4,7,10,13,18H,5-6,8-9H2,1-2H3,(H,20,21);1H. The zero-order valence-electron chi connectivity index (χ0n) is 14.2.